The van der Waals surface area contributed by atoms with Gasteiger partial charge < -0.3 is 5.11 Å². The number of carbonyl (C=O) groups is 1. The minimum Gasteiger partial charge on any atom is -0.478 e. The van der Waals surface area contributed by atoms with Crippen molar-refractivity contribution < 1.29 is 9.90 Å². The van der Waals surface area contributed by atoms with Crippen LogP contribution in [-0.2, 0) is 0 Å². The zero-order valence-corrected chi connectivity index (χ0v) is 7.21. The monoisotopic (exact) mass is 199 g/mol. The minimum absolute atomic E-state index is 0. The Kier molecular flexibility index (Phi) is 2.48. The van der Waals surface area contributed by atoms with Gasteiger partial charge in [0.2, 0.25) is 0 Å². The number of aromatic nitrogens is 3. The van der Waals surface area contributed by atoms with E-state index in [1.54, 1.807) is 6.20 Å². The van der Waals surface area contributed by atoms with Gasteiger partial charge in [0.05, 0.1) is 11.7 Å². The van der Waals surface area contributed by atoms with Crippen molar-refractivity contribution in [1.29, 1.82) is 0 Å². The van der Waals surface area contributed by atoms with Gasteiger partial charge >= 0.3 is 5.97 Å². The number of aromatic amines is 1. The van der Waals surface area contributed by atoms with E-state index in [0.717, 1.165) is 0 Å². The molecule has 0 aliphatic rings. The Morgan fingerprint density at radius 1 is 1.38 bits per heavy atom. The highest BCUT2D eigenvalue weighted by molar-refractivity contribution is 6.00. The summed E-state index contributed by atoms with van der Waals surface area (Å²) >= 11 is 0. The minimum atomic E-state index is -1.00. The van der Waals surface area contributed by atoms with Gasteiger partial charge in [-0.15, -0.1) is 12.4 Å². The number of nitrogens with zero attached hydrogens (tertiary/aromatic N) is 2. The maximum absolute atomic E-state index is 10.6. The van der Waals surface area contributed by atoms with E-state index < -0.39 is 5.97 Å². The predicted molar refractivity (Wildman–Crippen MR) is 48.1 cm³/mol. The maximum Gasteiger partial charge on any atom is 0.339 e. The molecule has 0 fully saturated rings. The lowest BCUT2D eigenvalue weighted by atomic mass is 10.2. The molecule has 0 spiro atoms. The van der Waals surface area contributed by atoms with Crippen LogP contribution in [0.25, 0.3) is 10.9 Å². The summed E-state index contributed by atoms with van der Waals surface area (Å²) in [4.78, 5) is 14.4. The number of rotatable bonds is 1. The van der Waals surface area contributed by atoms with E-state index in [1.165, 1.54) is 12.4 Å². The van der Waals surface area contributed by atoms with Gasteiger partial charge in [-0.05, 0) is 0 Å². The van der Waals surface area contributed by atoms with Gasteiger partial charge in [0.25, 0.3) is 0 Å². The smallest absolute Gasteiger partial charge is 0.339 e. The number of carboxylic acid groups (broad SMARTS) is 1. The van der Waals surface area contributed by atoms with Crippen LogP contribution in [0, 0.1) is 0 Å². The number of nitrogens with one attached hydrogen (secondary N) is 1. The molecule has 0 saturated carbocycles. The van der Waals surface area contributed by atoms with E-state index in [0.29, 0.717) is 10.9 Å². The van der Waals surface area contributed by atoms with Crippen molar-refractivity contribution in [2.75, 3.05) is 0 Å². The zero-order chi connectivity index (χ0) is 8.55. The lowest BCUT2D eigenvalue weighted by Gasteiger charge is -1.93. The Hall–Kier alpha value is -1.62. The normalized spacial score (nSPS) is 9.54. The third-order valence-electron chi connectivity index (χ3n) is 1.59. The molecule has 2 heterocycles. The second-order valence-corrected chi connectivity index (χ2v) is 2.33. The fraction of sp³-hybridized carbons (Fsp3) is 0. The van der Waals surface area contributed by atoms with E-state index in [-0.39, 0.29) is 18.0 Å². The molecule has 0 aromatic carbocycles. The first-order valence-corrected chi connectivity index (χ1v) is 3.29. The molecule has 0 saturated heterocycles. The van der Waals surface area contributed by atoms with Crippen LogP contribution in [-0.4, -0.2) is 26.3 Å². The molecular weight excluding hydrogens is 194 g/mol. The second-order valence-electron chi connectivity index (χ2n) is 2.33. The predicted octanol–water partition coefficient (Wildman–Crippen LogP) is 1.08. The first-order valence-electron chi connectivity index (χ1n) is 3.29. The number of pyridine rings is 1. The molecule has 0 unspecified atom stereocenters. The lowest BCUT2D eigenvalue weighted by molar-refractivity contribution is 0.0698. The molecule has 5 nitrogen and oxygen atoms in total. The Bertz CT molecular complexity index is 440. The first-order chi connectivity index (χ1) is 5.79. The summed E-state index contributed by atoms with van der Waals surface area (Å²) in [6, 6.07) is 0. The first kappa shape index (κ1) is 9.47. The summed E-state index contributed by atoms with van der Waals surface area (Å²) in [6.07, 6.45) is 4.39. The van der Waals surface area contributed by atoms with E-state index in [9.17, 15) is 4.79 Å². The SMILES string of the molecule is Cl.O=C(O)c1cncc2cn[nH]c12. The van der Waals surface area contributed by atoms with Crippen LogP contribution in [0.2, 0.25) is 0 Å². The zero-order valence-electron chi connectivity index (χ0n) is 6.39. The fourth-order valence-corrected chi connectivity index (χ4v) is 1.03. The Balaban J connectivity index is 0.000000845. The number of halogens is 1. The highest BCUT2D eigenvalue weighted by atomic mass is 35.5. The molecular formula is C7H6ClN3O2. The third-order valence-corrected chi connectivity index (χ3v) is 1.59. The Morgan fingerprint density at radius 2 is 2.15 bits per heavy atom. The summed E-state index contributed by atoms with van der Waals surface area (Å²) in [5.74, 6) is -1.00. The average molecular weight is 200 g/mol. The highest BCUT2D eigenvalue weighted by Gasteiger charge is 2.09. The highest BCUT2D eigenvalue weighted by Crippen LogP contribution is 2.12. The van der Waals surface area contributed by atoms with Crippen LogP contribution < -0.4 is 0 Å². The molecule has 2 aromatic rings. The van der Waals surface area contributed by atoms with Crippen molar-refractivity contribution in [1.82, 2.24) is 15.2 Å². The van der Waals surface area contributed by atoms with Crippen molar-refractivity contribution in [3.63, 3.8) is 0 Å². The quantitative estimate of drug-likeness (QED) is 0.720. The molecule has 2 aromatic heterocycles. The van der Waals surface area contributed by atoms with Gasteiger partial charge in [-0.25, -0.2) is 4.79 Å². The summed E-state index contributed by atoms with van der Waals surface area (Å²) in [5, 5.41) is 15.7. The van der Waals surface area contributed by atoms with Gasteiger partial charge in [0, 0.05) is 17.8 Å². The number of fused-ring (bicyclic) bond motifs is 1. The van der Waals surface area contributed by atoms with Crippen molar-refractivity contribution in [2.24, 2.45) is 0 Å². The van der Waals surface area contributed by atoms with Gasteiger partial charge in [0.15, 0.2) is 0 Å². The topological polar surface area (TPSA) is 78.9 Å². The molecule has 0 atom stereocenters. The van der Waals surface area contributed by atoms with Crippen LogP contribution in [0.15, 0.2) is 18.6 Å². The lowest BCUT2D eigenvalue weighted by Crippen LogP contribution is -1.97. The Morgan fingerprint density at radius 3 is 2.85 bits per heavy atom. The molecule has 2 N–H and O–H groups in total. The molecule has 2 rings (SSSR count). The summed E-state index contributed by atoms with van der Waals surface area (Å²) in [6.45, 7) is 0. The van der Waals surface area contributed by atoms with Crippen molar-refractivity contribution in [3.05, 3.63) is 24.2 Å². The standard InChI is InChI=1S/C7H5N3O2.ClH/c11-7(12)5-3-8-1-4-2-9-10-6(4)5;/h1-3H,(H,9,10)(H,11,12);1H. The molecule has 13 heavy (non-hydrogen) atoms. The van der Waals surface area contributed by atoms with Crippen molar-refractivity contribution in [3.8, 4) is 0 Å². The number of hydrogen-bond acceptors (Lipinski definition) is 3. The third kappa shape index (κ3) is 1.46. The fourth-order valence-electron chi connectivity index (χ4n) is 1.03. The van der Waals surface area contributed by atoms with Crippen LogP contribution >= 0.6 is 12.4 Å². The molecule has 0 bridgehead atoms. The van der Waals surface area contributed by atoms with Crippen molar-refractivity contribution in [2.45, 2.75) is 0 Å². The molecule has 0 aliphatic heterocycles. The van der Waals surface area contributed by atoms with E-state index >= 15 is 0 Å². The summed E-state index contributed by atoms with van der Waals surface area (Å²) in [7, 11) is 0. The van der Waals surface area contributed by atoms with E-state index in [1.807, 2.05) is 0 Å². The molecule has 0 radical (unpaired) electrons. The maximum atomic E-state index is 10.6. The van der Waals surface area contributed by atoms with Gasteiger partial charge in [0.1, 0.15) is 5.56 Å². The van der Waals surface area contributed by atoms with Crippen LogP contribution in [0.1, 0.15) is 10.4 Å². The summed E-state index contributed by atoms with van der Waals surface area (Å²) in [5.41, 5.74) is 0.655. The molecule has 68 valence electrons. The number of aromatic carboxylic acids is 1. The average Bonchev–Trinajstić information content (AvgIpc) is 2.49. The van der Waals surface area contributed by atoms with Gasteiger partial charge in [-0.3, -0.25) is 10.1 Å². The second kappa shape index (κ2) is 3.40. The number of carboxylic acids is 1. The van der Waals surface area contributed by atoms with Crippen molar-refractivity contribution >= 4 is 29.3 Å². The molecule has 6 heteroatoms. The van der Waals surface area contributed by atoms with Gasteiger partial charge in [-0.2, -0.15) is 5.10 Å². The molecule has 0 aliphatic carbocycles. The summed E-state index contributed by atoms with van der Waals surface area (Å²) < 4.78 is 0. The number of H-pyrrole nitrogens is 1. The van der Waals surface area contributed by atoms with Crippen LogP contribution in [0.3, 0.4) is 0 Å². The largest absolute Gasteiger partial charge is 0.478 e. The van der Waals surface area contributed by atoms with Crippen LogP contribution in [0.5, 0.6) is 0 Å². The van der Waals surface area contributed by atoms with E-state index in [4.69, 9.17) is 5.11 Å². The van der Waals surface area contributed by atoms with Crippen LogP contribution in [0.4, 0.5) is 0 Å². The number of hydrogen-bond donors (Lipinski definition) is 2. The van der Waals surface area contributed by atoms with E-state index in [2.05, 4.69) is 15.2 Å². The molecule has 0 amide bonds. The Labute approximate surface area is 79.2 Å². The van der Waals surface area contributed by atoms with Gasteiger partial charge in [-0.1, -0.05) is 0 Å².